The summed E-state index contributed by atoms with van der Waals surface area (Å²) in [5.41, 5.74) is -2.87. The molecule has 1 rings (SSSR count). The summed E-state index contributed by atoms with van der Waals surface area (Å²) in [7, 11) is 0. The Bertz CT molecular complexity index is 634. The molecule has 5 nitrogen and oxygen atoms in total. The first kappa shape index (κ1) is 18.4. The molecule has 3 N–H and O–H groups in total. The first-order valence-electron chi connectivity index (χ1n) is 5.75. The van der Waals surface area contributed by atoms with Gasteiger partial charge in [0.25, 0.3) is 11.4 Å². The molecule has 1 amide bonds. The van der Waals surface area contributed by atoms with Crippen LogP contribution < -0.4 is 11.1 Å². The van der Waals surface area contributed by atoms with Gasteiger partial charge in [0.2, 0.25) is 0 Å². The summed E-state index contributed by atoms with van der Waals surface area (Å²) in [6, 6.07) is 2.72. The van der Waals surface area contributed by atoms with Crippen molar-refractivity contribution in [2.24, 2.45) is 5.73 Å². The average molecular weight is 341 g/mol. The summed E-state index contributed by atoms with van der Waals surface area (Å²) in [6.07, 6.45) is -11.3. The Hall–Kier alpha value is -2.64. The Balaban J connectivity index is 3.63. The lowest BCUT2D eigenvalue weighted by molar-refractivity contribution is -0.289. The second-order valence-corrected chi connectivity index (χ2v) is 4.35. The molecular weight excluding hydrogens is 332 g/mol. The summed E-state index contributed by atoms with van der Waals surface area (Å²) < 4.78 is 84.1. The van der Waals surface area contributed by atoms with Crippen LogP contribution in [-0.2, 0) is 0 Å². The van der Waals surface area contributed by atoms with E-state index in [2.05, 4.69) is 4.42 Å². The van der Waals surface area contributed by atoms with E-state index in [0.29, 0.717) is 6.92 Å². The molecule has 0 aliphatic carbocycles. The lowest BCUT2D eigenvalue weighted by Gasteiger charge is -2.37. The van der Waals surface area contributed by atoms with E-state index in [0.717, 1.165) is 29.8 Å². The number of nitrogens with two attached hydrogens (primary N) is 1. The maximum atomic E-state index is 13.3. The second kappa shape index (κ2) is 5.86. The molecule has 1 aromatic heterocycles. The summed E-state index contributed by atoms with van der Waals surface area (Å²) in [5.74, 6) is -2.60. The van der Waals surface area contributed by atoms with E-state index in [1.165, 1.54) is 0 Å². The molecule has 0 aliphatic rings. The molecule has 0 atom stereocenters. The Morgan fingerprint density at radius 1 is 1.26 bits per heavy atom. The van der Waals surface area contributed by atoms with E-state index in [9.17, 15) is 31.1 Å². The molecule has 11 heteroatoms. The number of amides is 1. The second-order valence-electron chi connectivity index (χ2n) is 4.35. The number of allylic oxidation sites excluding steroid dienone is 1. The number of hydrogen-bond donors (Lipinski definition) is 2. The maximum absolute atomic E-state index is 13.3. The Labute approximate surface area is 125 Å². The molecule has 0 saturated heterocycles. The molecule has 0 aliphatic heterocycles. The van der Waals surface area contributed by atoms with Crippen LogP contribution in [0.25, 0.3) is 0 Å². The van der Waals surface area contributed by atoms with Crippen molar-refractivity contribution in [3.63, 3.8) is 0 Å². The van der Waals surface area contributed by atoms with Crippen LogP contribution in [0.15, 0.2) is 34.1 Å². The Morgan fingerprint density at radius 2 is 1.78 bits per heavy atom. The van der Waals surface area contributed by atoms with Crippen molar-refractivity contribution in [3.05, 3.63) is 35.4 Å². The average Bonchev–Trinajstić information content (AvgIpc) is 2.88. The fraction of sp³-hybridized carbons (Fsp3) is 0.333. The largest absolute Gasteiger partial charge is 0.459 e. The first-order valence-corrected chi connectivity index (χ1v) is 5.75. The molecule has 23 heavy (non-hydrogen) atoms. The quantitative estimate of drug-likeness (QED) is 0.653. The van der Waals surface area contributed by atoms with Crippen molar-refractivity contribution >= 4 is 5.91 Å². The molecule has 0 saturated carbocycles. The van der Waals surface area contributed by atoms with Crippen LogP contribution in [-0.4, -0.2) is 23.8 Å². The smallest absolute Gasteiger partial charge is 0.425 e. The molecule has 0 spiro atoms. The van der Waals surface area contributed by atoms with Crippen LogP contribution in [0.4, 0.5) is 26.3 Å². The van der Waals surface area contributed by atoms with Gasteiger partial charge < -0.3 is 15.5 Å². The van der Waals surface area contributed by atoms with E-state index >= 15 is 0 Å². The van der Waals surface area contributed by atoms with Crippen LogP contribution >= 0.6 is 0 Å². The van der Waals surface area contributed by atoms with Gasteiger partial charge in [-0.2, -0.15) is 31.6 Å². The topological polar surface area (TPSA) is 92.0 Å². The number of carbonyl (C=O) groups excluding carboxylic acids is 1. The van der Waals surface area contributed by atoms with Gasteiger partial charge in [-0.1, -0.05) is 0 Å². The lowest BCUT2D eigenvalue weighted by atomic mass is 9.86. The van der Waals surface area contributed by atoms with E-state index in [4.69, 9.17) is 11.0 Å². The maximum Gasteiger partial charge on any atom is 0.425 e. The lowest BCUT2D eigenvalue weighted by Crippen LogP contribution is -2.68. The van der Waals surface area contributed by atoms with Crippen molar-refractivity contribution in [3.8, 4) is 6.07 Å². The van der Waals surface area contributed by atoms with Gasteiger partial charge >= 0.3 is 12.4 Å². The third-order valence-electron chi connectivity index (χ3n) is 2.78. The number of carbonyl (C=O) groups is 1. The number of alkyl halides is 6. The zero-order chi connectivity index (χ0) is 18.1. The Kier molecular flexibility index (Phi) is 4.69. The first-order chi connectivity index (χ1) is 10.4. The molecule has 0 aromatic carbocycles. The summed E-state index contributed by atoms with van der Waals surface area (Å²) in [5, 5.41) is 9.54. The minimum atomic E-state index is -6.08. The van der Waals surface area contributed by atoms with E-state index in [1.807, 2.05) is 0 Å². The summed E-state index contributed by atoms with van der Waals surface area (Å²) >= 11 is 0. The van der Waals surface area contributed by atoms with Crippen molar-refractivity contribution < 1.29 is 35.6 Å². The molecule has 126 valence electrons. The van der Waals surface area contributed by atoms with Crippen LogP contribution in [0, 0.1) is 11.3 Å². The highest BCUT2D eigenvalue weighted by atomic mass is 19.4. The minimum Gasteiger partial charge on any atom is -0.459 e. The standard InChI is InChI=1S/C12H9F6N3O2/c1-6(20)7(5-19)10(11(13,14)15,12(16,17)18)21-9(22)8-3-2-4-23-8/h2-4H,20H2,1H3,(H,21,22)/b7-6+. The number of nitrogens with one attached hydrogen (secondary N) is 1. The number of rotatable bonds is 3. The molecule has 0 bridgehead atoms. The van der Waals surface area contributed by atoms with Gasteiger partial charge in [0.05, 0.1) is 17.9 Å². The Morgan fingerprint density at radius 3 is 2.09 bits per heavy atom. The molecule has 0 unspecified atom stereocenters. The van der Waals surface area contributed by atoms with Gasteiger partial charge in [-0.05, 0) is 19.1 Å². The van der Waals surface area contributed by atoms with Gasteiger partial charge in [-0.15, -0.1) is 0 Å². The molecule has 1 aromatic rings. The normalized spacial score (nSPS) is 14.0. The summed E-state index contributed by atoms with van der Waals surface area (Å²) in [4.78, 5) is 11.7. The third-order valence-corrected chi connectivity index (χ3v) is 2.78. The highest BCUT2D eigenvalue weighted by Crippen LogP contribution is 2.48. The molecular formula is C12H9F6N3O2. The van der Waals surface area contributed by atoms with Gasteiger partial charge in [-0.3, -0.25) is 4.79 Å². The van der Waals surface area contributed by atoms with Gasteiger partial charge in [0.15, 0.2) is 5.76 Å². The van der Waals surface area contributed by atoms with E-state index in [1.54, 1.807) is 0 Å². The van der Waals surface area contributed by atoms with E-state index < -0.39 is 40.8 Å². The SMILES string of the molecule is C/C(N)=C(/C#N)C(NC(=O)c1ccco1)(C(F)(F)F)C(F)(F)F. The van der Waals surface area contributed by atoms with Crippen LogP contribution in [0.3, 0.4) is 0 Å². The zero-order valence-electron chi connectivity index (χ0n) is 11.3. The fourth-order valence-corrected chi connectivity index (χ4v) is 1.76. The van der Waals surface area contributed by atoms with Gasteiger partial charge in [0, 0.05) is 5.70 Å². The number of hydrogen-bond acceptors (Lipinski definition) is 4. The number of nitrogens with zero attached hydrogens (tertiary/aromatic N) is 1. The predicted octanol–water partition coefficient (Wildman–Crippen LogP) is 2.63. The highest BCUT2D eigenvalue weighted by molar-refractivity contribution is 5.92. The number of nitriles is 1. The highest BCUT2D eigenvalue weighted by Gasteiger charge is 2.74. The zero-order valence-corrected chi connectivity index (χ0v) is 11.3. The van der Waals surface area contributed by atoms with Crippen LogP contribution in [0.1, 0.15) is 17.5 Å². The van der Waals surface area contributed by atoms with Crippen molar-refractivity contribution in [2.75, 3.05) is 0 Å². The van der Waals surface area contributed by atoms with Gasteiger partial charge in [-0.25, -0.2) is 0 Å². The number of furan rings is 1. The van der Waals surface area contributed by atoms with Gasteiger partial charge in [0.1, 0.15) is 0 Å². The van der Waals surface area contributed by atoms with Crippen molar-refractivity contribution in [1.82, 2.24) is 5.32 Å². The number of halogens is 6. The van der Waals surface area contributed by atoms with Crippen LogP contribution in [0.2, 0.25) is 0 Å². The molecule has 0 radical (unpaired) electrons. The van der Waals surface area contributed by atoms with Crippen LogP contribution in [0.5, 0.6) is 0 Å². The summed E-state index contributed by atoms with van der Waals surface area (Å²) in [6.45, 7) is 0.684. The minimum absolute atomic E-state index is 0.684. The predicted molar refractivity (Wildman–Crippen MR) is 63.5 cm³/mol. The van der Waals surface area contributed by atoms with E-state index in [-0.39, 0.29) is 0 Å². The molecule has 0 fully saturated rings. The van der Waals surface area contributed by atoms with Crippen molar-refractivity contribution in [2.45, 2.75) is 24.8 Å². The van der Waals surface area contributed by atoms with Crippen molar-refractivity contribution in [1.29, 1.82) is 5.26 Å². The third kappa shape index (κ3) is 3.10. The molecule has 1 heterocycles. The monoisotopic (exact) mass is 341 g/mol. The fourth-order valence-electron chi connectivity index (χ4n) is 1.76.